The minimum absolute atomic E-state index is 0.112. The Morgan fingerprint density at radius 2 is 1.71 bits per heavy atom. The summed E-state index contributed by atoms with van der Waals surface area (Å²) in [7, 11) is 0. The Balaban J connectivity index is 1.47. The number of hydrogen-bond acceptors (Lipinski definition) is 4. The second-order valence-electron chi connectivity index (χ2n) is 5.41. The van der Waals surface area contributed by atoms with Crippen LogP contribution in [-0.2, 0) is 13.1 Å². The van der Waals surface area contributed by atoms with Gasteiger partial charge in [-0.05, 0) is 29.3 Å². The molecule has 106 valence electrons. The monoisotopic (exact) mass is 281 g/mol. The van der Waals surface area contributed by atoms with Crippen LogP contribution >= 0.6 is 0 Å². The molecular weight excluding hydrogens is 266 g/mol. The van der Waals surface area contributed by atoms with Crippen molar-refractivity contribution in [2.24, 2.45) is 0 Å². The highest BCUT2D eigenvalue weighted by Gasteiger charge is 2.22. The van der Waals surface area contributed by atoms with E-state index in [1.54, 1.807) is 18.2 Å². The molecule has 2 aliphatic heterocycles. The Hall–Kier alpha value is -2.33. The van der Waals surface area contributed by atoms with Gasteiger partial charge in [0, 0.05) is 18.7 Å². The van der Waals surface area contributed by atoms with Crippen molar-refractivity contribution in [2.45, 2.75) is 13.1 Å². The van der Waals surface area contributed by atoms with Crippen LogP contribution in [0.2, 0.25) is 0 Å². The van der Waals surface area contributed by atoms with Gasteiger partial charge >= 0.3 is 0 Å². The van der Waals surface area contributed by atoms with Crippen molar-refractivity contribution >= 4 is 5.78 Å². The number of rotatable bonds is 3. The van der Waals surface area contributed by atoms with E-state index in [2.05, 4.69) is 17.0 Å². The van der Waals surface area contributed by atoms with E-state index in [0.29, 0.717) is 23.6 Å². The van der Waals surface area contributed by atoms with Crippen LogP contribution in [0.25, 0.3) is 0 Å². The molecule has 4 nitrogen and oxygen atoms in total. The van der Waals surface area contributed by atoms with Gasteiger partial charge < -0.3 is 9.47 Å². The fourth-order valence-electron chi connectivity index (χ4n) is 2.88. The molecule has 21 heavy (non-hydrogen) atoms. The Morgan fingerprint density at radius 1 is 1.00 bits per heavy atom. The first-order chi connectivity index (χ1) is 10.3. The average molecular weight is 281 g/mol. The Kier molecular flexibility index (Phi) is 2.89. The summed E-state index contributed by atoms with van der Waals surface area (Å²) in [5, 5.41) is 0. The van der Waals surface area contributed by atoms with E-state index in [1.807, 2.05) is 12.1 Å². The Labute approximate surface area is 122 Å². The summed E-state index contributed by atoms with van der Waals surface area (Å²) in [6.45, 7) is 2.33. The molecule has 0 amide bonds. The standard InChI is InChI=1S/C17H15NO3/c19-15(12-5-6-16-17(7-12)21-11-20-16)10-18-8-13-3-1-2-4-14(13)9-18/h1-7H,8-11H2. The van der Waals surface area contributed by atoms with Crippen molar-refractivity contribution < 1.29 is 14.3 Å². The number of ketones is 1. The van der Waals surface area contributed by atoms with Crippen LogP contribution in [0.5, 0.6) is 11.5 Å². The number of fused-ring (bicyclic) bond motifs is 2. The third-order valence-electron chi connectivity index (χ3n) is 3.97. The molecule has 4 heteroatoms. The molecule has 2 aromatic carbocycles. The van der Waals surface area contributed by atoms with Crippen molar-refractivity contribution in [3.05, 3.63) is 59.2 Å². The van der Waals surface area contributed by atoms with E-state index in [4.69, 9.17) is 9.47 Å². The molecule has 2 aliphatic rings. The molecule has 0 bridgehead atoms. The lowest BCUT2D eigenvalue weighted by Gasteiger charge is -2.13. The van der Waals surface area contributed by atoms with Crippen LogP contribution in [0.15, 0.2) is 42.5 Å². The molecule has 0 aromatic heterocycles. The van der Waals surface area contributed by atoms with Crippen molar-refractivity contribution in [3.8, 4) is 11.5 Å². The summed E-state index contributed by atoms with van der Waals surface area (Å²) < 4.78 is 10.6. The van der Waals surface area contributed by atoms with E-state index >= 15 is 0 Å². The third-order valence-corrected chi connectivity index (χ3v) is 3.97. The zero-order valence-electron chi connectivity index (χ0n) is 11.5. The number of Topliss-reactive ketones (excluding diaryl/α,β-unsaturated/α-hetero) is 1. The highest BCUT2D eigenvalue weighted by atomic mass is 16.7. The van der Waals surface area contributed by atoms with E-state index in [0.717, 1.165) is 13.1 Å². The number of nitrogens with zero attached hydrogens (tertiary/aromatic N) is 1. The van der Waals surface area contributed by atoms with Crippen LogP contribution in [0.3, 0.4) is 0 Å². The summed E-state index contributed by atoms with van der Waals surface area (Å²) in [4.78, 5) is 14.6. The molecule has 2 heterocycles. The van der Waals surface area contributed by atoms with Gasteiger partial charge in [0.1, 0.15) is 0 Å². The molecular formula is C17H15NO3. The lowest BCUT2D eigenvalue weighted by atomic mass is 10.1. The van der Waals surface area contributed by atoms with Crippen LogP contribution in [-0.4, -0.2) is 24.0 Å². The smallest absolute Gasteiger partial charge is 0.231 e. The minimum atomic E-state index is 0.112. The van der Waals surface area contributed by atoms with Gasteiger partial charge in [0.25, 0.3) is 0 Å². The molecule has 0 aliphatic carbocycles. The van der Waals surface area contributed by atoms with Crippen LogP contribution in [0.4, 0.5) is 0 Å². The fraction of sp³-hybridized carbons (Fsp3) is 0.235. The van der Waals surface area contributed by atoms with Crippen molar-refractivity contribution in [3.63, 3.8) is 0 Å². The predicted molar refractivity (Wildman–Crippen MR) is 77.5 cm³/mol. The third kappa shape index (κ3) is 2.28. The maximum Gasteiger partial charge on any atom is 0.231 e. The lowest BCUT2D eigenvalue weighted by molar-refractivity contribution is 0.0929. The molecule has 0 unspecified atom stereocenters. The normalized spacial score (nSPS) is 16.0. The van der Waals surface area contributed by atoms with Crippen molar-refractivity contribution in [1.29, 1.82) is 0 Å². The molecule has 0 saturated heterocycles. The van der Waals surface area contributed by atoms with Gasteiger partial charge in [0.2, 0.25) is 6.79 Å². The maximum absolute atomic E-state index is 12.4. The summed E-state index contributed by atoms with van der Waals surface area (Å²) in [5.74, 6) is 1.48. The van der Waals surface area contributed by atoms with Gasteiger partial charge in [-0.15, -0.1) is 0 Å². The second-order valence-corrected chi connectivity index (χ2v) is 5.41. The molecule has 2 aromatic rings. The molecule has 0 saturated carbocycles. The summed E-state index contributed by atoms with van der Waals surface area (Å²) >= 11 is 0. The zero-order valence-corrected chi connectivity index (χ0v) is 11.5. The number of carbonyl (C=O) groups excluding carboxylic acids is 1. The quantitative estimate of drug-likeness (QED) is 0.811. The fourth-order valence-corrected chi connectivity index (χ4v) is 2.88. The number of carbonyl (C=O) groups is 1. The van der Waals surface area contributed by atoms with Crippen molar-refractivity contribution in [1.82, 2.24) is 4.90 Å². The van der Waals surface area contributed by atoms with Gasteiger partial charge in [-0.3, -0.25) is 9.69 Å². The minimum Gasteiger partial charge on any atom is -0.454 e. The number of ether oxygens (including phenoxy) is 2. The maximum atomic E-state index is 12.4. The molecule has 0 fully saturated rings. The van der Waals surface area contributed by atoms with Crippen molar-refractivity contribution in [2.75, 3.05) is 13.3 Å². The summed E-state index contributed by atoms with van der Waals surface area (Å²) in [5.41, 5.74) is 3.31. The topological polar surface area (TPSA) is 38.8 Å². The number of hydrogen-bond donors (Lipinski definition) is 0. The highest BCUT2D eigenvalue weighted by Crippen LogP contribution is 2.32. The van der Waals surface area contributed by atoms with Crippen LogP contribution < -0.4 is 9.47 Å². The Morgan fingerprint density at radius 3 is 2.48 bits per heavy atom. The van der Waals surface area contributed by atoms with Gasteiger partial charge in [-0.1, -0.05) is 24.3 Å². The molecule has 0 radical (unpaired) electrons. The largest absolute Gasteiger partial charge is 0.454 e. The molecule has 4 rings (SSSR count). The first-order valence-electron chi connectivity index (χ1n) is 7.01. The molecule has 0 atom stereocenters. The Bertz CT molecular complexity index is 686. The van der Waals surface area contributed by atoms with Gasteiger partial charge in [0.05, 0.1) is 6.54 Å². The van der Waals surface area contributed by atoms with E-state index in [9.17, 15) is 4.79 Å². The van der Waals surface area contributed by atoms with Crippen LogP contribution in [0.1, 0.15) is 21.5 Å². The van der Waals surface area contributed by atoms with E-state index < -0.39 is 0 Å². The lowest BCUT2D eigenvalue weighted by Crippen LogP contribution is -2.24. The number of benzene rings is 2. The van der Waals surface area contributed by atoms with Crippen LogP contribution in [0, 0.1) is 0 Å². The predicted octanol–water partition coefficient (Wildman–Crippen LogP) is 2.61. The van der Waals surface area contributed by atoms with E-state index in [-0.39, 0.29) is 12.6 Å². The van der Waals surface area contributed by atoms with Gasteiger partial charge in [-0.2, -0.15) is 0 Å². The SMILES string of the molecule is O=C(CN1Cc2ccccc2C1)c1ccc2c(c1)OCO2. The molecule has 0 spiro atoms. The van der Waals surface area contributed by atoms with E-state index in [1.165, 1.54) is 11.1 Å². The summed E-state index contributed by atoms with van der Waals surface area (Å²) in [6, 6.07) is 13.7. The summed E-state index contributed by atoms with van der Waals surface area (Å²) in [6.07, 6.45) is 0. The first kappa shape index (κ1) is 12.4. The van der Waals surface area contributed by atoms with Gasteiger partial charge in [-0.25, -0.2) is 0 Å². The highest BCUT2D eigenvalue weighted by molar-refractivity contribution is 5.98. The first-order valence-corrected chi connectivity index (χ1v) is 7.01. The second kappa shape index (κ2) is 4.90. The zero-order chi connectivity index (χ0) is 14.2. The molecule has 0 N–H and O–H groups in total. The van der Waals surface area contributed by atoms with Gasteiger partial charge in [0.15, 0.2) is 17.3 Å². The average Bonchev–Trinajstić information content (AvgIpc) is 3.11.